The zero-order valence-electron chi connectivity index (χ0n) is 16.2. The molecule has 3 aliphatic heterocycles. The maximum Gasteiger partial charge on any atom is 0.191 e. The van der Waals surface area contributed by atoms with Gasteiger partial charge >= 0.3 is 0 Å². The van der Waals surface area contributed by atoms with Gasteiger partial charge in [0.2, 0.25) is 0 Å². The van der Waals surface area contributed by atoms with Gasteiger partial charge < -0.3 is 28.4 Å². The Morgan fingerprint density at radius 2 is 1.79 bits per heavy atom. The maximum atomic E-state index is 9.51. The van der Waals surface area contributed by atoms with E-state index >= 15 is 0 Å². The Labute approximate surface area is 163 Å². The summed E-state index contributed by atoms with van der Waals surface area (Å²) in [5.41, 5.74) is 0.423. The van der Waals surface area contributed by atoms with Crippen molar-refractivity contribution in [2.24, 2.45) is 0 Å². The summed E-state index contributed by atoms with van der Waals surface area (Å²) in [6, 6.07) is 8.96. The van der Waals surface area contributed by atoms with Crippen LogP contribution in [-0.2, 0) is 23.7 Å². The Morgan fingerprint density at radius 1 is 1.00 bits per heavy atom. The molecule has 0 bridgehead atoms. The van der Waals surface area contributed by atoms with Crippen molar-refractivity contribution in [1.82, 2.24) is 0 Å². The predicted molar refractivity (Wildman–Crippen MR) is 93.9 cm³/mol. The highest BCUT2D eigenvalue weighted by Crippen LogP contribution is 2.42. The van der Waals surface area contributed by atoms with Crippen molar-refractivity contribution < 1.29 is 28.4 Å². The topological polar surface area (TPSA) is 103 Å². The molecule has 28 heavy (non-hydrogen) atoms. The van der Waals surface area contributed by atoms with Crippen LogP contribution >= 0.6 is 0 Å². The zero-order valence-corrected chi connectivity index (χ0v) is 16.2. The quantitative estimate of drug-likeness (QED) is 0.779. The van der Waals surface area contributed by atoms with Gasteiger partial charge in [0, 0.05) is 0 Å². The van der Waals surface area contributed by atoms with E-state index < -0.39 is 36.2 Å². The number of nitrogens with zero attached hydrogens (tertiary/aromatic N) is 2. The third kappa shape index (κ3) is 3.35. The lowest BCUT2D eigenvalue weighted by Crippen LogP contribution is -2.46. The van der Waals surface area contributed by atoms with Gasteiger partial charge in [-0.25, -0.2) is 0 Å². The Bertz CT molecular complexity index is 855. The Kier molecular flexibility index (Phi) is 4.58. The summed E-state index contributed by atoms with van der Waals surface area (Å²) in [7, 11) is 0. The van der Waals surface area contributed by atoms with E-state index in [2.05, 4.69) is 0 Å². The van der Waals surface area contributed by atoms with Crippen LogP contribution in [0.2, 0.25) is 0 Å². The number of hydrogen-bond acceptors (Lipinski definition) is 8. The molecule has 8 heteroatoms. The van der Waals surface area contributed by atoms with Crippen LogP contribution in [0.3, 0.4) is 0 Å². The molecule has 0 saturated carbocycles. The van der Waals surface area contributed by atoms with Crippen molar-refractivity contribution in [2.75, 3.05) is 6.61 Å². The molecule has 3 heterocycles. The molecule has 3 fully saturated rings. The van der Waals surface area contributed by atoms with Crippen LogP contribution in [0.15, 0.2) is 18.2 Å². The molecular weight excluding hydrogens is 364 g/mol. The van der Waals surface area contributed by atoms with Crippen molar-refractivity contribution in [3.63, 3.8) is 0 Å². The lowest BCUT2D eigenvalue weighted by Gasteiger charge is -2.29. The molecule has 3 aliphatic rings. The molecule has 4 rings (SSSR count). The van der Waals surface area contributed by atoms with Gasteiger partial charge in [0.25, 0.3) is 0 Å². The smallest absolute Gasteiger partial charge is 0.191 e. The van der Waals surface area contributed by atoms with Crippen molar-refractivity contribution in [1.29, 1.82) is 10.5 Å². The van der Waals surface area contributed by atoms with E-state index in [-0.39, 0.29) is 17.2 Å². The Balaban J connectivity index is 1.65. The van der Waals surface area contributed by atoms with Crippen LogP contribution in [0, 0.1) is 22.7 Å². The third-order valence-electron chi connectivity index (χ3n) is 4.95. The molecule has 0 aliphatic carbocycles. The maximum absolute atomic E-state index is 9.51. The first-order valence-corrected chi connectivity index (χ1v) is 9.16. The number of nitriles is 2. The monoisotopic (exact) mass is 386 g/mol. The summed E-state index contributed by atoms with van der Waals surface area (Å²) >= 11 is 0. The van der Waals surface area contributed by atoms with Gasteiger partial charge in [-0.2, -0.15) is 10.5 Å². The van der Waals surface area contributed by atoms with Gasteiger partial charge in [0.15, 0.2) is 30.1 Å². The second kappa shape index (κ2) is 6.70. The molecule has 0 radical (unpaired) electrons. The molecule has 1 aromatic carbocycles. The number of ether oxygens (including phenoxy) is 6. The van der Waals surface area contributed by atoms with Gasteiger partial charge in [-0.1, -0.05) is 6.07 Å². The fraction of sp³-hybridized carbons (Fsp3) is 0.600. The van der Waals surface area contributed by atoms with Gasteiger partial charge in [-0.05, 0) is 39.8 Å². The van der Waals surface area contributed by atoms with Crippen LogP contribution in [0.4, 0.5) is 0 Å². The lowest BCUT2D eigenvalue weighted by molar-refractivity contribution is -0.230. The average Bonchev–Trinajstić information content (AvgIpc) is 3.24. The number of hydrogen-bond donors (Lipinski definition) is 0. The second-order valence-electron chi connectivity index (χ2n) is 7.92. The molecule has 0 amide bonds. The van der Waals surface area contributed by atoms with E-state index in [1.54, 1.807) is 32.0 Å². The largest absolute Gasteiger partial charge is 0.483 e. The molecule has 0 unspecified atom stereocenters. The van der Waals surface area contributed by atoms with Gasteiger partial charge in [-0.15, -0.1) is 0 Å². The van der Waals surface area contributed by atoms with Gasteiger partial charge in [-0.3, -0.25) is 0 Å². The number of rotatable bonds is 3. The van der Waals surface area contributed by atoms with E-state index in [4.69, 9.17) is 28.4 Å². The lowest BCUT2D eigenvalue weighted by atomic mass is 10.0. The highest BCUT2D eigenvalue weighted by atomic mass is 16.8. The minimum atomic E-state index is -0.819. The van der Waals surface area contributed by atoms with E-state index in [1.165, 1.54) is 0 Å². The van der Waals surface area contributed by atoms with E-state index in [1.807, 2.05) is 26.0 Å². The first-order chi connectivity index (χ1) is 13.2. The van der Waals surface area contributed by atoms with Gasteiger partial charge in [0.1, 0.15) is 35.7 Å². The molecule has 3 saturated heterocycles. The van der Waals surface area contributed by atoms with Gasteiger partial charge in [0.05, 0.1) is 12.2 Å². The Morgan fingerprint density at radius 3 is 2.43 bits per heavy atom. The molecule has 148 valence electrons. The van der Waals surface area contributed by atoms with Crippen molar-refractivity contribution >= 4 is 0 Å². The SMILES string of the molecule is CC1(C)O[C@H]2O[C@H]([C@H]3COC(C)(C)O3)[C@H](Oc3cccc(C#N)c3C#N)[C@H]2O1. The minimum Gasteiger partial charge on any atom is -0.483 e. The standard InChI is InChI=1S/C20H22N2O6/c1-19(2)23-10-14(26-19)15-16(17-18(25-15)28-20(3,4)27-17)24-13-7-5-6-11(8-21)12(13)9-22/h5-7,14-18H,10H2,1-4H3/t14-,15-,16+,17-,18-/m1/s1. The summed E-state index contributed by atoms with van der Waals surface area (Å²) in [5.74, 6) is -1.25. The molecule has 1 aromatic rings. The second-order valence-corrected chi connectivity index (χ2v) is 7.92. The average molecular weight is 386 g/mol. The predicted octanol–water partition coefficient (Wildman–Crippen LogP) is 2.21. The Hall–Kier alpha value is -2.20. The highest BCUT2D eigenvalue weighted by molar-refractivity contribution is 5.54. The third-order valence-corrected chi connectivity index (χ3v) is 4.95. The van der Waals surface area contributed by atoms with Crippen molar-refractivity contribution in [2.45, 2.75) is 70.0 Å². The first-order valence-electron chi connectivity index (χ1n) is 9.16. The molecule has 0 spiro atoms. The highest BCUT2D eigenvalue weighted by Gasteiger charge is 2.59. The molecule has 8 nitrogen and oxygen atoms in total. The summed E-state index contributed by atoms with van der Waals surface area (Å²) in [4.78, 5) is 0. The van der Waals surface area contributed by atoms with Crippen molar-refractivity contribution in [3.05, 3.63) is 29.3 Å². The van der Waals surface area contributed by atoms with Crippen LogP contribution in [0.5, 0.6) is 5.75 Å². The summed E-state index contributed by atoms with van der Waals surface area (Å²) in [6.07, 6.45) is -2.64. The van der Waals surface area contributed by atoms with Crippen molar-refractivity contribution in [3.8, 4) is 17.9 Å². The number of benzene rings is 1. The fourth-order valence-corrected chi connectivity index (χ4v) is 3.80. The summed E-state index contributed by atoms with van der Waals surface area (Å²) in [5, 5.41) is 18.8. The zero-order chi connectivity index (χ0) is 20.1. The van der Waals surface area contributed by atoms with E-state index in [0.717, 1.165) is 0 Å². The first kappa shape index (κ1) is 19.1. The molecule has 0 aromatic heterocycles. The minimum absolute atomic E-state index is 0.175. The molecule has 5 atom stereocenters. The van der Waals surface area contributed by atoms with E-state index in [9.17, 15) is 10.5 Å². The molecule has 0 N–H and O–H groups in total. The summed E-state index contributed by atoms with van der Waals surface area (Å²) < 4.78 is 35.8. The van der Waals surface area contributed by atoms with Crippen LogP contribution in [0.25, 0.3) is 0 Å². The normalized spacial score (nSPS) is 35.1. The summed E-state index contributed by atoms with van der Waals surface area (Å²) in [6.45, 7) is 7.60. The van der Waals surface area contributed by atoms with E-state index in [0.29, 0.717) is 12.4 Å². The fourth-order valence-electron chi connectivity index (χ4n) is 3.80. The van der Waals surface area contributed by atoms with Crippen LogP contribution in [0.1, 0.15) is 38.8 Å². The van der Waals surface area contributed by atoms with Crippen LogP contribution < -0.4 is 4.74 Å². The van der Waals surface area contributed by atoms with Crippen LogP contribution in [-0.4, -0.2) is 48.9 Å². The molecular formula is C20H22N2O6. The number of fused-ring (bicyclic) bond motifs is 1.